The number of hydrogen-bond acceptors (Lipinski definition) is 0. The second-order valence-electron chi connectivity index (χ2n) is 1.73. The summed E-state index contributed by atoms with van der Waals surface area (Å²) in [7, 11) is 0. The Labute approximate surface area is 48.9 Å². The predicted octanol–water partition coefficient (Wildman–Crippen LogP) is 1.36. The fraction of sp³-hybridized carbons (Fsp3) is 1.00. The molecule has 0 amide bonds. The van der Waals surface area contributed by atoms with Crippen LogP contribution >= 0.6 is 0 Å². The molecular formula is C4H7Hg+. The molecule has 0 bridgehead atoms. The molecule has 1 rings (SSSR count). The monoisotopic (exact) mass is 257 g/mol. The van der Waals surface area contributed by atoms with Gasteiger partial charge in [-0.15, -0.1) is 0 Å². The fourth-order valence-corrected chi connectivity index (χ4v) is 2.65. The molecule has 0 radical (unpaired) electrons. The molecule has 1 aliphatic rings. The van der Waals surface area contributed by atoms with Crippen molar-refractivity contribution in [1.82, 2.24) is 0 Å². The molecule has 0 aromatic rings. The molecule has 0 nitrogen and oxygen atoms in total. The van der Waals surface area contributed by atoms with E-state index in [2.05, 4.69) is 0 Å². The fourth-order valence-electron chi connectivity index (χ4n) is 0.407. The molecule has 0 N–H and O–H groups in total. The van der Waals surface area contributed by atoms with Gasteiger partial charge in [-0.1, -0.05) is 0 Å². The van der Waals surface area contributed by atoms with E-state index in [4.69, 9.17) is 0 Å². The molecule has 0 aromatic heterocycles. The van der Waals surface area contributed by atoms with Gasteiger partial charge in [-0.25, -0.2) is 0 Å². The van der Waals surface area contributed by atoms with Crippen molar-refractivity contribution in [3.8, 4) is 0 Å². The molecule has 0 heterocycles. The standard InChI is InChI=1S/C4H7.Hg/c1-4-2-3-4;/h4H,1-3H2;/q;+1. The molecule has 1 heteroatoms. The van der Waals surface area contributed by atoms with Gasteiger partial charge in [0.25, 0.3) is 0 Å². The molecule has 0 atom stereocenters. The van der Waals surface area contributed by atoms with Crippen molar-refractivity contribution in [2.45, 2.75) is 16.8 Å². The molecule has 0 saturated heterocycles. The molecule has 24 valence electrons. The molecule has 0 aliphatic heterocycles. The van der Waals surface area contributed by atoms with Crippen LogP contribution in [0.4, 0.5) is 0 Å². The van der Waals surface area contributed by atoms with Gasteiger partial charge >= 0.3 is 48.8 Å². The van der Waals surface area contributed by atoms with E-state index in [1.807, 2.05) is 0 Å². The maximum atomic E-state index is 1.61. The third-order valence-corrected chi connectivity index (χ3v) is 4.28. The summed E-state index contributed by atoms with van der Waals surface area (Å²) in [5.41, 5.74) is 0. The Morgan fingerprint density at radius 2 is 2.20 bits per heavy atom. The Balaban J connectivity index is 2.00. The van der Waals surface area contributed by atoms with E-state index >= 15 is 0 Å². The Kier molecular flexibility index (Phi) is 1.30. The van der Waals surface area contributed by atoms with Gasteiger partial charge in [0, 0.05) is 0 Å². The van der Waals surface area contributed by atoms with Gasteiger partial charge in [-0.3, -0.25) is 0 Å². The summed E-state index contributed by atoms with van der Waals surface area (Å²) < 4.78 is 1.61. The summed E-state index contributed by atoms with van der Waals surface area (Å²) in [4.78, 5) is 0. The topological polar surface area (TPSA) is 0 Å². The Bertz CT molecular complexity index is 30.6. The average molecular weight is 256 g/mol. The van der Waals surface area contributed by atoms with Crippen LogP contribution in [0.5, 0.6) is 0 Å². The van der Waals surface area contributed by atoms with E-state index in [0.29, 0.717) is 0 Å². The summed E-state index contributed by atoms with van der Waals surface area (Å²) in [5.74, 6) is 1.22. The van der Waals surface area contributed by atoms with Crippen LogP contribution in [-0.2, 0) is 26.1 Å². The summed E-state index contributed by atoms with van der Waals surface area (Å²) in [6.45, 7) is 0. The quantitative estimate of drug-likeness (QED) is 0.621. The first-order valence-electron chi connectivity index (χ1n) is 2.22. The van der Waals surface area contributed by atoms with Crippen LogP contribution in [0.15, 0.2) is 0 Å². The van der Waals surface area contributed by atoms with Crippen molar-refractivity contribution in [3.05, 3.63) is 0 Å². The second kappa shape index (κ2) is 1.59. The van der Waals surface area contributed by atoms with Crippen LogP contribution in [0.25, 0.3) is 0 Å². The predicted molar refractivity (Wildman–Crippen MR) is 17.5 cm³/mol. The van der Waals surface area contributed by atoms with E-state index < -0.39 is 0 Å². The van der Waals surface area contributed by atoms with E-state index in [9.17, 15) is 0 Å². The first-order valence-corrected chi connectivity index (χ1v) is 6.11. The second-order valence-corrected chi connectivity index (χ2v) is 3.98. The minimum absolute atomic E-state index is 1.11. The Morgan fingerprint density at radius 1 is 1.60 bits per heavy atom. The third kappa shape index (κ3) is 1.21. The van der Waals surface area contributed by atoms with E-state index in [0.717, 1.165) is 26.1 Å². The molecule has 0 spiro atoms. The molecule has 1 saturated carbocycles. The van der Waals surface area contributed by atoms with Gasteiger partial charge in [0.1, 0.15) is 0 Å². The van der Waals surface area contributed by atoms with Crippen LogP contribution in [0.1, 0.15) is 12.8 Å². The van der Waals surface area contributed by atoms with Crippen molar-refractivity contribution in [1.29, 1.82) is 0 Å². The summed E-state index contributed by atoms with van der Waals surface area (Å²) in [6.07, 6.45) is 3.12. The van der Waals surface area contributed by atoms with Crippen molar-refractivity contribution >= 4 is 0 Å². The number of rotatable bonds is 1. The van der Waals surface area contributed by atoms with Crippen LogP contribution in [0, 0.1) is 5.92 Å². The van der Waals surface area contributed by atoms with Gasteiger partial charge in [-0.2, -0.15) is 0 Å². The van der Waals surface area contributed by atoms with Gasteiger partial charge in [-0.05, 0) is 0 Å². The molecule has 0 unspecified atom stereocenters. The SMILES string of the molecule is [Hg+][CH2]C1CC1. The van der Waals surface area contributed by atoms with E-state index in [1.165, 1.54) is 5.92 Å². The van der Waals surface area contributed by atoms with Gasteiger partial charge in [0.15, 0.2) is 0 Å². The van der Waals surface area contributed by atoms with Gasteiger partial charge in [0.05, 0.1) is 0 Å². The minimum atomic E-state index is 1.11. The van der Waals surface area contributed by atoms with Gasteiger partial charge in [0.2, 0.25) is 0 Å². The zero-order valence-corrected chi connectivity index (χ0v) is 8.90. The van der Waals surface area contributed by atoms with Crippen molar-refractivity contribution in [2.24, 2.45) is 5.92 Å². The Morgan fingerprint density at radius 3 is 2.20 bits per heavy atom. The first kappa shape index (κ1) is 4.10. The average Bonchev–Trinajstić information content (AvgIpc) is 2.12. The van der Waals surface area contributed by atoms with Crippen molar-refractivity contribution in [3.63, 3.8) is 0 Å². The van der Waals surface area contributed by atoms with Crippen LogP contribution in [0.2, 0.25) is 3.93 Å². The first-order chi connectivity index (χ1) is 2.43. The normalized spacial score (nSPS) is 23.6. The molecule has 5 heavy (non-hydrogen) atoms. The van der Waals surface area contributed by atoms with Crippen molar-refractivity contribution < 1.29 is 26.1 Å². The summed E-state index contributed by atoms with van der Waals surface area (Å²) in [5, 5.41) is 0. The van der Waals surface area contributed by atoms with Crippen LogP contribution < -0.4 is 0 Å². The van der Waals surface area contributed by atoms with E-state index in [1.54, 1.807) is 16.8 Å². The molecule has 0 aromatic carbocycles. The summed E-state index contributed by atoms with van der Waals surface area (Å²) >= 11 is 1.11. The molecule has 1 aliphatic carbocycles. The summed E-state index contributed by atoms with van der Waals surface area (Å²) in [6, 6.07) is 0. The zero-order valence-electron chi connectivity index (χ0n) is 3.41. The molecule has 1 fully saturated rings. The van der Waals surface area contributed by atoms with Crippen LogP contribution in [-0.4, -0.2) is 0 Å². The third-order valence-electron chi connectivity index (χ3n) is 1.11. The van der Waals surface area contributed by atoms with E-state index in [-0.39, 0.29) is 0 Å². The van der Waals surface area contributed by atoms with Crippen molar-refractivity contribution in [2.75, 3.05) is 0 Å². The molecular weight excluding hydrogens is 249 g/mol. The Hall–Kier alpha value is 0.935. The zero-order chi connectivity index (χ0) is 3.70. The number of hydrogen-bond donors (Lipinski definition) is 0. The maximum absolute atomic E-state index is 1.61. The van der Waals surface area contributed by atoms with Gasteiger partial charge < -0.3 is 0 Å². The van der Waals surface area contributed by atoms with Crippen LogP contribution in [0.3, 0.4) is 0 Å².